The summed E-state index contributed by atoms with van der Waals surface area (Å²) in [7, 11) is 0. The van der Waals surface area contributed by atoms with Crippen molar-refractivity contribution < 1.29 is 14.1 Å². The van der Waals surface area contributed by atoms with Crippen molar-refractivity contribution in [3.8, 4) is 5.88 Å². The van der Waals surface area contributed by atoms with Gasteiger partial charge in [-0.1, -0.05) is 5.16 Å². The predicted molar refractivity (Wildman–Crippen MR) is 69.9 cm³/mol. The van der Waals surface area contributed by atoms with Crippen LogP contribution in [-0.4, -0.2) is 29.2 Å². The summed E-state index contributed by atoms with van der Waals surface area (Å²) in [6.07, 6.45) is 3.88. The SMILES string of the molecule is O=C(c1cc(C2CC2)on1)N1CCOc2ncccc21. The molecule has 2 aromatic heterocycles. The molecule has 1 fully saturated rings. The van der Waals surface area contributed by atoms with Crippen molar-refractivity contribution in [2.75, 3.05) is 18.1 Å². The fourth-order valence-corrected chi connectivity index (χ4v) is 2.35. The molecule has 2 aliphatic rings. The second kappa shape index (κ2) is 4.33. The van der Waals surface area contributed by atoms with Crippen LogP contribution >= 0.6 is 0 Å². The third-order valence-electron chi connectivity index (χ3n) is 3.57. The van der Waals surface area contributed by atoms with Crippen molar-refractivity contribution >= 4 is 11.6 Å². The van der Waals surface area contributed by atoms with Gasteiger partial charge in [-0.05, 0) is 25.0 Å². The highest BCUT2D eigenvalue weighted by atomic mass is 16.5. The first-order chi connectivity index (χ1) is 9.83. The number of anilines is 1. The molecule has 0 N–H and O–H groups in total. The van der Waals surface area contributed by atoms with E-state index in [9.17, 15) is 4.79 Å². The van der Waals surface area contributed by atoms with Crippen molar-refractivity contribution in [1.29, 1.82) is 0 Å². The van der Waals surface area contributed by atoms with Gasteiger partial charge in [0.2, 0.25) is 5.88 Å². The maximum Gasteiger partial charge on any atom is 0.280 e. The van der Waals surface area contributed by atoms with Gasteiger partial charge in [-0.2, -0.15) is 0 Å². The van der Waals surface area contributed by atoms with Gasteiger partial charge in [0, 0.05) is 18.2 Å². The van der Waals surface area contributed by atoms with Crippen LogP contribution in [0.5, 0.6) is 5.88 Å². The van der Waals surface area contributed by atoms with Crippen LogP contribution in [0, 0.1) is 0 Å². The number of fused-ring (bicyclic) bond motifs is 1. The largest absolute Gasteiger partial charge is 0.474 e. The summed E-state index contributed by atoms with van der Waals surface area (Å²) < 4.78 is 10.7. The fourth-order valence-electron chi connectivity index (χ4n) is 2.35. The fraction of sp³-hybridized carbons (Fsp3) is 0.357. The molecule has 1 saturated carbocycles. The zero-order chi connectivity index (χ0) is 13.5. The lowest BCUT2D eigenvalue weighted by Gasteiger charge is -2.27. The number of ether oxygens (including phenoxy) is 1. The third-order valence-corrected chi connectivity index (χ3v) is 3.57. The van der Waals surface area contributed by atoms with E-state index >= 15 is 0 Å². The highest BCUT2D eigenvalue weighted by Crippen LogP contribution is 2.40. The first-order valence-corrected chi connectivity index (χ1v) is 6.69. The number of nitrogens with zero attached hydrogens (tertiary/aromatic N) is 3. The van der Waals surface area contributed by atoms with Crippen LogP contribution in [0.4, 0.5) is 5.69 Å². The molecule has 2 aromatic rings. The molecule has 1 aliphatic carbocycles. The summed E-state index contributed by atoms with van der Waals surface area (Å²) in [6, 6.07) is 5.36. The van der Waals surface area contributed by atoms with Gasteiger partial charge in [-0.15, -0.1) is 0 Å². The maximum atomic E-state index is 12.5. The molecule has 0 saturated heterocycles. The molecule has 20 heavy (non-hydrogen) atoms. The number of rotatable bonds is 2. The molecular formula is C14H13N3O3. The molecular weight excluding hydrogens is 258 g/mol. The highest BCUT2D eigenvalue weighted by Gasteiger charge is 2.31. The lowest BCUT2D eigenvalue weighted by molar-refractivity contribution is 0.0967. The Labute approximate surface area is 115 Å². The Kier molecular flexibility index (Phi) is 2.48. The molecule has 0 radical (unpaired) electrons. The molecule has 0 unspecified atom stereocenters. The first kappa shape index (κ1) is 11.5. The van der Waals surface area contributed by atoms with Crippen molar-refractivity contribution in [3.05, 3.63) is 35.9 Å². The molecule has 6 heteroatoms. The molecule has 0 bridgehead atoms. The van der Waals surface area contributed by atoms with Crippen molar-refractivity contribution in [2.24, 2.45) is 0 Å². The molecule has 1 amide bonds. The molecule has 4 rings (SSSR count). The maximum absolute atomic E-state index is 12.5. The van der Waals surface area contributed by atoms with E-state index in [1.165, 1.54) is 0 Å². The Hall–Kier alpha value is -2.37. The van der Waals surface area contributed by atoms with Crippen LogP contribution in [0.2, 0.25) is 0 Å². The van der Waals surface area contributed by atoms with E-state index in [2.05, 4.69) is 10.1 Å². The summed E-state index contributed by atoms with van der Waals surface area (Å²) in [5.41, 5.74) is 1.03. The van der Waals surface area contributed by atoms with E-state index in [-0.39, 0.29) is 5.91 Å². The van der Waals surface area contributed by atoms with Crippen molar-refractivity contribution in [1.82, 2.24) is 10.1 Å². The van der Waals surface area contributed by atoms with E-state index in [1.807, 2.05) is 6.07 Å². The summed E-state index contributed by atoms with van der Waals surface area (Å²) in [5.74, 6) is 1.58. The van der Waals surface area contributed by atoms with Crippen LogP contribution in [0.25, 0.3) is 0 Å². The quantitative estimate of drug-likeness (QED) is 0.835. The normalized spacial score (nSPS) is 17.5. The predicted octanol–water partition coefficient (Wildman–Crippen LogP) is 1.99. The van der Waals surface area contributed by atoms with Gasteiger partial charge in [0.1, 0.15) is 18.1 Å². The van der Waals surface area contributed by atoms with Crippen molar-refractivity contribution in [3.63, 3.8) is 0 Å². The molecule has 0 spiro atoms. The van der Waals surface area contributed by atoms with Crippen LogP contribution < -0.4 is 9.64 Å². The molecule has 0 atom stereocenters. The number of pyridine rings is 1. The van der Waals surface area contributed by atoms with Gasteiger partial charge in [0.15, 0.2) is 5.69 Å². The number of aromatic nitrogens is 2. The van der Waals surface area contributed by atoms with Crippen LogP contribution in [0.1, 0.15) is 35.0 Å². The van der Waals surface area contributed by atoms with Crippen molar-refractivity contribution in [2.45, 2.75) is 18.8 Å². The topological polar surface area (TPSA) is 68.5 Å². The van der Waals surface area contributed by atoms with Gasteiger partial charge >= 0.3 is 0 Å². The minimum Gasteiger partial charge on any atom is -0.474 e. The standard InChI is InChI=1S/C14H13N3O3/c18-14(10-8-12(20-16-10)9-3-4-9)17-6-7-19-13-11(17)2-1-5-15-13/h1-2,5,8-9H,3-4,6-7H2. The zero-order valence-electron chi connectivity index (χ0n) is 10.8. The molecule has 1 aliphatic heterocycles. The number of hydrogen-bond donors (Lipinski definition) is 0. The number of carbonyl (C=O) groups is 1. The Morgan fingerprint density at radius 3 is 3.15 bits per heavy atom. The minimum atomic E-state index is -0.168. The molecule has 0 aromatic carbocycles. The minimum absolute atomic E-state index is 0.168. The van der Waals surface area contributed by atoms with Gasteiger partial charge in [0.25, 0.3) is 5.91 Å². The zero-order valence-corrected chi connectivity index (χ0v) is 10.8. The number of carbonyl (C=O) groups excluding carboxylic acids is 1. The Bertz CT molecular complexity index is 663. The van der Waals surface area contributed by atoms with E-state index in [0.717, 1.165) is 18.6 Å². The third kappa shape index (κ3) is 1.84. The average Bonchev–Trinajstić information content (AvgIpc) is 3.23. The Morgan fingerprint density at radius 2 is 2.30 bits per heavy atom. The molecule has 102 valence electrons. The van der Waals surface area contributed by atoms with E-state index < -0.39 is 0 Å². The molecule has 6 nitrogen and oxygen atoms in total. The summed E-state index contributed by atoms with van der Waals surface area (Å²) in [5, 5.41) is 3.90. The first-order valence-electron chi connectivity index (χ1n) is 6.69. The van der Waals surface area contributed by atoms with Gasteiger partial charge in [-0.25, -0.2) is 4.98 Å². The van der Waals surface area contributed by atoms with E-state index in [1.54, 1.807) is 23.2 Å². The monoisotopic (exact) mass is 271 g/mol. The second-order valence-corrected chi connectivity index (χ2v) is 5.02. The lowest BCUT2D eigenvalue weighted by atomic mass is 10.2. The smallest absolute Gasteiger partial charge is 0.280 e. The van der Waals surface area contributed by atoms with E-state index in [4.69, 9.17) is 9.26 Å². The Morgan fingerprint density at radius 1 is 1.40 bits per heavy atom. The van der Waals surface area contributed by atoms with Crippen LogP contribution in [-0.2, 0) is 0 Å². The Balaban J connectivity index is 1.65. The lowest BCUT2D eigenvalue weighted by Crippen LogP contribution is -2.38. The van der Waals surface area contributed by atoms with Gasteiger partial charge < -0.3 is 9.26 Å². The second-order valence-electron chi connectivity index (χ2n) is 5.02. The van der Waals surface area contributed by atoms with Crippen LogP contribution in [0.3, 0.4) is 0 Å². The highest BCUT2D eigenvalue weighted by molar-refractivity contribution is 6.05. The average molecular weight is 271 g/mol. The number of amides is 1. The van der Waals surface area contributed by atoms with Gasteiger partial charge in [-0.3, -0.25) is 9.69 Å². The summed E-state index contributed by atoms with van der Waals surface area (Å²) in [6.45, 7) is 0.923. The summed E-state index contributed by atoms with van der Waals surface area (Å²) >= 11 is 0. The van der Waals surface area contributed by atoms with Crippen LogP contribution in [0.15, 0.2) is 28.9 Å². The van der Waals surface area contributed by atoms with Gasteiger partial charge in [0.05, 0.1) is 6.54 Å². The van der Waals surface area contributed by atoms with E-state index in [0.29, 0.717) is 36.3 Å². The summed E-state index contributed by atoms with van der Waals surface area (Å²) in [4.78, 5) is 18.3. The number of hydrogen-bond acceptors (Lipinski definition) is 5. The molecule has 3 heterocycles.